The SMILES string of the molecule is COc1ccc(OCCOC(=O)C=Cc2c(C)nn(Cc3c(Cl)cccc3Cl)c2Cl)cc1. The van der Waals surface area contributed by atoms with E-state index in [2.05, 4.69) is 5.10 Å². The highest BCUT2D eigenvalue weighted by atomic mass is 35.5. The molecule has 0 aliphatic carbocycles. The maximum Gasteiger partial charge on any atom is 0.330 e. The highest BCUT2D eigenvalue weighted by Crippen LogP contribution is 2.28. The lowest BCUT2D eigenvalue weighted by molar-refractivity contribution is -0.138. The maximum atomic E-state index is 12.0. The van der Waals surface area contributed by atoms with Crippen molar-refractivity contribution >= 4 is 46.8 Å². The monoisotopic (exact) mass is 494 g/mol. The predicted octanol–water partition coefficient (Wildman–Crippen LogP) is 5.84. The molecule has 9 heteroatoms. The van der Waals surface area contributed by atoms with E-state index in [0.717, 1.165) is 5.75 Å². The smallest absolute Gasteiger partial charge is 0.330 e. The summed E-state index contributed by atoms with van der Waals surface area (Å²) in [5, 5.41) is 5.84. The van der Waals surface area contributed by atoms with Gasteiger partial charge in [-0.3, -0.25) is 0 Å². The van der Waals surface area contributed by atoms with Crippen molar-refractivity contribution in [3.05, 3.63) is 80.6 Å². The maximum absolute atomic E-state index is 12.0. The van der Waals surface area contributed by atoms with Gasteiger partial charge in [0, 0.05) is 27.2 Å². The van der Waals surface area contributed by atoms with E-state index >= 15 is 0 Å². The van der Waals surface area contributed by atoms with Gasteiger partial charge in [0.05, 0.1) is 19.3 Å². The fourth-order valence-electron chi connectivity index (χ4n) is 2.87. The Morgan fingerprint density at radius 2 is 1.69 bits per heavy atom. The molecule has 6 nitrogen and oxygen atoms in total. The second-order valence-electron chi connectivity index (χ2n) is 6.67. The summed E-state index contributed by atoms with van der Waals surface area (Å²) in [7, 11) is 1.59. The summed E-state index contributed by atoms with van der Waals surface area (Å²) in [5.41, 5.74) is 1.98. The normalized spacial score (nSPS) is 11.0. The van der Waals surface area contributed by atoms with Crippen LogP contribution in [0.2, 0.25) is 15.2 Å². The molecular weight excluding hydrogens is 475 g/mol. The summed E-state index contributed by atoms with van der Waals surface area (Å²) >= 11 is 18.9. The Morgan fingerprint density at radius 1 is 1.03 bits per heavy atom. The van der Waals surface area contributed by atoms with Crippen LogP contribution >= 0.6 is 34.8 Å². The second kappa shape index (κ2) is 11.3. The van der Waals surface area contributed by atoms with E-state index in [0.29, 0.717) is 44.3 Å². The van der Waals surface area contributed by atoms with Crippen molar-refractivity contribution < 1.29 is 19.0 Å². The number of nitrogens with zero attached hydrogens (tertiary/aromatic N) is 2. The first kappa shape index (κ1) is 24.0. The summed E-state index contributed by atoms with van der Waals surface area (Å²) in [5.74, 6) is 0.882. The van der Waals surface area contributed by atoms with Gasteiger partial charge in [-0.05, 0) is 49.4 Å². The predicted molar refractivity (Wildman–Crippen MR) is 126 cm³/mol. The molecular formula is C23H21Cl3N2O4. The van der Waals surface area contributed by atoms with E-state index in [1.807, 2.05) is 0 Å². The van der Waals surface area contributed by atoms with Crippen LogP contribution in [-0.4, -0.2) is 36.1 Å². The van der Waals surface area contributed by atoms with Crippen molar-refractivity contribution in [2.45, 2.75) is 13.5 Å². The number of methoxy groups -OCH3 is 1. The third kappa shape index (κ3) is 6.19. The number of aryl methyl sites for hydroxylation is 1. The lowest BCUT2D eigenvalue weighted by Gasteiger charge is -2.08. The molecule has 0 unspecified atom stereocenters. The van der Waals surface area contributed by atoms with Crippen molar-refractivity contribution in [3.63, 3.8) is 0 Å². The molecule has 2 aromatic carbocycles. The van der Waals surface area contributed by atoms with Crippen molar-refractivity contribution in [2.24, 2.45) is 0 Å². The summed E-state index contributed by atoms with van der Waals surface area (Å²) in [6.45, 7) is 2.43. The molecule has 0 aliphatic rings. The number of ether oxygens (including phenoxy) is 3. The molecule has 0 radical (unpaired) electrons. The standard InChI is InChI=1S/C23H21Cl3N2O4/c1-15-18(23(26)28(27-15)14-19-20(24)4-3-5-21(19)25)10-11-22(29)32-13-12-31-17-8-6-16(30-2)7-9-17/h3-11H,12-14H2,1-2H3. The van der Waals surface area contributed by atoms with Gasteiger partial charge in [0.2, 0.25) is 0 Å². The van der Waals surface area contributed by atoms with Crippen LogP contribution < -0.4 is 9.47 Å². The largest absolute Gasteiger partial charge is 0.497 e. The Balaban J connectivity index is 1.54. The van der Waals surface area contributed by atoms with E-state index < -0.39 is 5.97 Å². The number of halogens is 3. The van der Waals surface area contributed by atoms with Crippen LogP contribution in [0.1, 0.15) is 16.8 Å². The Labute approximate surface area is 201 Å². The number of carbonyl (C=O) groups is 1. The molecule has 1 heterocycles. The first-order valence-corrected chi connectivity index (χ1v) is 10.8. The quantitative estimate of drug-likeness (QED) is 0.212. The fourth-order valence-corrected chi connectivity index (χ4v) is 3.68. The molecule has 168 valence electrons. The molecule has 0 saturated heterocycles. The minimum absolute atomic E-state index is 0.103. The van der Waals surface area contributed by atoms with Gasteiger partial charge in [0.1, 0.15) is 29.9 Å². The third-order valence-electron chi connectivity index (χ3n) is 4.52. The van der Waals surface area contributed by atoms with Crippen LogP contribution in [-0.2, 0) is 16.1 Å². The van der Waals surface area contributed by atoms with Gasteiger partial charge in [-0.1, -0.05) is 40.9 Å². The number of hydrogen-bond acceptors (Lipinski definition) is 5. The Bertz CT molecular complexity index is 1090. The van der Waals surface area contributed by atoms with Crippen LogP contribution in [0.25, 0.3) is 6.08 Å². The molecule has 0 aliphatic heterocycles. The molecule has 0 saturated carbocycles. The number of aromatic nitrogens is 2. The summed E-state index contributed by atoms with van der Waals surface area (Å²) in [6, 6.07) is 12.4. The zero-order valence-electron chi connectivity index (χ0n) is 17.5. The van der Waals surface area contributed by atoms with Crippen LogP contribution in [0.15, 0.2) is 48.5 Å². The first-order chi connectivity index (χ1) is 15.4. The van der Waals surface area contributed by atoms with Crippen LogP contribution in [0.3, 0.4) is 0 Å². The van der Waals surface area contributed by atoms with Gasteiger partial charge in [0.25, 0.3) is 0 Å². The van der Waals surface area contributed by atoms with Crippen LogP contribution in [0.4, 0.5) is 0 Å². The lowest BCUT2D eigenvalue weighted by Crippen LogP contribution is -2.10. The van der Waals surface area contributed by atoms with Gasteiger partial charge in [-0.15, -0.1) is 0 Å². The van der Waals surface area contributed by atoms with E-state index in [1.54, 1.807) is 67.3 Å². The molecule has 0 bridgehead atoms. The summed E-state index contributed by atoms with van der Waals surface area (Å²) < 4.78 is 17.4. The summed E-state index contributed by atoms with van der Waals surface area (Å²) in [4.78, 5) is 12.0. The Hall–Kier alpha value is -2.67. The first-order valence-electron chi connectivity index (χ1n) is 9.66. The van der Waals surface area contributed by atoms with E-state index in [-0.39, 0.29) is 13.2 Å². The molecule has 0 fully saturated rings. The number of hydrogen-bond donors (Lipinski definition) is 0. The zero-order chi connectivity index (χ0) is 23.1. The van der Waals surface area contributed by atoms with Crippen molar-refractivity contribution in [1.29, 1.82) is 0 Å². The van der Waals surface area contributed by atoms with Crippen LogP contribution in [0, 0.1) is 6.92 Å². The average Bonchev–Trinajstić information content (AvgIpc) is 3.05. The number of esters is 1. The van der Waals surface area contributed by atoms with Gasteiger partial charge >= 0.3 is 5.97 Å². The average molecular weight is 496 g/mol. The van der Waals surface area contributed by atoms with Gasteiger partial charge in [-0.25, -0.2) is 9.48 Å². The number of rotatable bonds is 9. The minimum Gasteiger partial charge on any atom is -0.497 e. The molecule has 0 amide bonds. The number of benzene rings is 2. The Kier molecular flexibility index (Phi) is 8.45. The highest BCUT2D eigenvalue weighted by Gasteiger charge is 2.14. The van der Waals surface area contributed by atoms with Crippen molar-refractivity contribution in [1.82, 2.24) is 9.78 Å². The van der Waals surface area contributed by atoms with E-state index in [1.165, 1.54) is 6.08 Å². The van der Waals surface area contributed by atoms with Gasteiger partial charge < -0.3 is 14.2 Å². The third-order valence-corrected chi connectivity index (χ3v) is 5.63. The van der Waals surface area contributed by atoms with Crippen molar-refractivity contribution in [3.8, 4) is 11.5 Å². The van der Waals surface area contributed by atoms with Gasteiger partial charge in [0.15, 0.2) is 0 Å². The molecule has 1 aromatic heterocycles. The fraction of sp³-hybridized carbons (Fsp3) is 0.217. The minimum atomic E-state index is -0.513. The summed E-state index contributed by atoms with van der Waals surface area (Å²) in [6.07, 6.45) is 2.87. The molecule has 0 N–H and O–H groups in total. The lowest BCUT2D eigenvalue weighted by atomic mass is 10.2. The Morgan fingerprint density at radius 3 is 2.34 bits per heavy atom. The van der Waals surface area contributed by atoms with Gasteiger partial charge in [-0.2, -0.15) is 5.10 Å². The molecule has 3 rings (SSSR count). The second-order valence-corrected chi connectivity index (χ2v) is 7.84. The molecule has 32 heavy (non-hydrogen) atoms. The molecule has 3 aromatic rings. The van der Waals surface area contributed by atoms with Crippen molar-refractivity contribution in [2.75, 3.05) is 20.3 Å². The van der Waals surface area contributed by atoms with E-state index in [9.17, 15) is 4.79 Å². The van der Waals surface area contributed by atoms with E-state index in [4.69, 9.17) is 49.0 Å². The molecule has 0 spiro atoms. The highest BCUT2D eigenvalue weighted by molar-refractivity contribution is 6.36. The zero-order valence-corrected chi connectivity index (χ0v) is 19.7. The number of carbonyl (C=O) groups excluding carboxylic acids is 1. The van der Waals surface area contributed by atoms with Crippen LogP contribution in [0.5, 0.6) is 11.5 Å². The topological polar surface area (TPSA) is 62.6 Å². The molecule has 0 atom stereocenters.